The van der Waals surface area contributed by atoms with Gasteiger partial charge in [-0.1, -0.05) is 31.5 Å². The van der Waals surface area contributed by atoms with Crippen molar-refractivity contribution < 1.29 is 13.2 Å². The molecule has 20 heavy (non-hydrogen) atoms. The van der Waals surface area contributed by atoms with Gasteiger partial charge in [0.15, 0.2) is 0 Å². The van der Waals surface area contributed by atoms with Crippen LogP contribution in [-0.4, -0.2) is 20.5 Å². The van der Waals surface area contributed by atoms with Gasteiger partial charge in [-0.05, 0) is 57.0 Å². The maximum atomic E-state index is 13.2. The van der Waals surface area contributed by atoms with Gasteiger partial charge in [-0.3, -0.25) is 0 Å². The van der Waals surface area contributed by atoms with Crippen molar-refractivity contribution in [3.8, 4) is 0 Å². The molecule has 0 aliphatic rings. The van der Waals surface area contributed by atoms with Crippen molar-refractivity contribution in [3.05, 3.63) is 34.1 Å². The zero-order valence-electron chi connectivity index (χ0n) is 12.7. The monoisotopic (exact) mass is 311 g/mol. The lowest BCUT2D eigenvalue weighted by atomic mass is 10.1. The summed E-state index contributed by atoms with van der Waals surface area (Å²) in [5.41, 5.74) is 1.75. The lowest BCUT2D eigenvalue weighted by molar-refractivity contribution is 0.295. The average Bonchev–Trinajstić information content (AvgIpc) is 2.44. The fourth-order valence-corrected chi connectivity index (χ4v) is 1.86. The molecule has 1 aromatic carbocycles. The molecule has 0 unspecified atom stereocenters. The maximum absolute atomic E-state index is 13.2. The Morgan fingerprint density at radius 1 is 1.15 bits per heavy atom. The number of alkyl halides is 2. The van der Waals surface area contributed by atoms with Crippen molar-refractivity contribution in [3.63, 3.8) is 0 Å². The number of hydrogen-bond donors (Lipinski definition) is 1. The van der Waals surface area contributed by atoms with E-state index in [0.29, 0.717) is 5.56 Å². The van der Waals surface area contributed by atoms with E-state index in [1.165, 1.54) is 0 Å². The van der Waals surface area contributed by atoms with Gasteiger partial charge in [-0.2, -0.15) is 0 Å². The minimum atomic E-state index is -1.75. The molecular weight excluding hydrogens is 287 g/mol. The minimum Gasteiger partial charge on any atom is -0.320 e. The van der Waals surface area contributed by atoms with Crippen molar-refractivity contribution in [2.45, 2.75) is 40.0 Å². The Balaban J connectivity index is 0. The highest BCUT2D eigenvalue weighted by Gasteiger charge is 2.05. The molecule has 0 atom stereocenters. The smallest absolute Gasteiger partial charge is 0.229 e. The largest absolute Gasteiger partial charge is 0.320 e. The quantitative estimate of drug-likeness (QED) is 0.733. The first kappa shape index (κ1) is 21.6. The zero-order valence-corrected chi connectivity index (χ0v) is 13.5. The molecule has 0 aromatic heterocycles. The van der Waals surface area contributed by atoms with Crippen LogP contribution in [0.5, 0.6) is 0 Å². The van der Waals surface area contributed by atoms with E-state index in [1.807, 2.05) is 27.0 Å². The Hall–Kier alpha value is -0.740. The average molecular weight is 312 g/mol. The summed E-state index contributed by atoms with van der Waals surface area (Å²) in [6, 6.07) is 3.60. The van der Waals surface area contributed by atoms with Gasteiger partial charge in [0.25, 0.3) is 0 Å². The molecule has 0 spiro atoms. The molecule has 5 heteroatoms. The number of aryl methyl sites for hydroxylation is 2. The number of rotatable bonds is 5. The molecule has 0 saturated carbocycles. The highest BCUT2D eigenvalue weighted by molar-refractivity contribution is 6.30. The summed E-state index contributed by atoms with van der Waals surface area (Å²) in [5.74, 6) is -0.296. The fourth-order valence-electron chi connectivity index (χ4n) is 1.57. The predicted molar refractivity (Wildman–Crippen MR) is 81.4 cm³/mol. The minimum absolute atomic E-state index is 0.235. The van der Waals surface area contributed by atoms with Crippen LogP contribution in [0.1, 0.15) is 37.8 Å². The number of nitrogens with one attached hydrogen (secondary N) is 1. The molecule has 118 valence electrons. The Kier molecular flexibility index (Phi) is 15.8. The normalized spacial score (nSPS) is 9.20. The third kappa shape index (κ3) is 10.1. The second kappa shape index (κ2) is 14.7. The maximum Gasteiger partial charge on any atom is 0.229 e. The van der Waals surface area contributed by atoms with E-state index in [0.717, 1.165) is 31.4 Å². The Morgan fingerprint density at radius 3 is 2.15 bits per heavy atom. The van der Waals surface area contributed by atoms with Gasteiger partial charge in [0.2, 0.25) is 6.93 Å². The van der Waals surface area contributed by atoms with Crippen LogP contribution in [-0.2, 0) is 6.42 Å². The second-order valence-corrected chi connectivity index (χ2v) is 4.28. The molecule has 0 saturated heterocycles. The van der Waals surface area contributed by atoms with Crippen molar-refractivity contribution in [2.75, 3.05) is 20.5 Å². The highest BCUT2D eigenvalue weighted by Crippen LogP contribution is 2.21. The zero-order chi connectivity index (χ0) is 16.0. The molecule has 0 radical (unpaired) electrons. The van der Waals surface area contributed by atoms with Gasteiger partial charge < -0.3 is 5.32 Å². The molecule has 0 amide bonds. The summed E-state index contributed by atoms with van der Waals surface area (Å²) < 4.78 is 32.5. The summed E-state index contributed by atoms with van der Waals surface area (Å²) in [4.78, 5) is 0. The second-order valence-electron chi connectivity index (χ2n) is 3.87. The highest BCUT2D eigenvalue weighted by atomic mass is 35.5. The van der Waals surface area contributed by atoms with Crippen LogP contribution in [0.25, 0.3) is 0 Å². The predicted octanol–water partition coefficient (Wildman–Crippen LogP) is 5.24. The Labute approximate surface area is 125 Å². The van der Waals surface area contributed by atoms with Crippen molar-refractivity contribution in [1.82, 2.24) is 5.32 Å². The van der Waals surface area contributed by atoms with E-state index in [2.05, 4.69) is 5.32 Å². The van der Waals surface area contributed by atoms with Crippen molar-refractivity contribution in [1.29, 1.82) is 0 Å². The van der Waals surface area contributed by atoms with E-state index < -0.39 is 6.93 Å². The van der Waals surface area contributed by atoms with Gasteiger partial charge >= 0.3 is 0 Å². The molecule has 0 aliphatic carbocycles. The summed E-state index contributed by atoms with van der Waals surface area (Å²) in [7, 11) is 1.94. The molecular formula is C15H25ClF3N. The van der Waals surface area contributed by atoms with Gasteiger partial charge in [0.1, 0.15) is 5.82 Å². The van der Waals surface area contributed by atoms with E-state index >= 15 is 0 Å². The van der Waals surface area contributed by atoms with Crippen LogP contribution in [0, 0.1) is 12.7 Å². The van der Waals surface area contributed by atoms with Crippen LogP contribution in [0.15, 0.2) is 12.1 Å². The first-order valence-electron chi connectivity index (χ1n) is 6.77. The van der Waals surface area contributed by atoms with Gasteiger partial charge in [-0.25, -0.2) is 13.2 Å². The first-order valence-corrected chi connectivity index (χ1v) is 7.15. The SMILES string of the molecule is CC.CNCCCCc1cc(C)c(F)c(Cl)c1.FCF. The fraction of sp³-hybridized carbons (Fsp3) is 0.600. The van der Waals surface area contributed by atoms with E-state index in [9.17, 15) is 13.2 Å². The van der Waals surface area contributed by atoms with Gasteiger partial charge in [0.05, 0.1) is 5.02 Å². The van der Waals surface area contributed by atoms with Gasteiger partial charge in [0, 0.05) is 0 Å². The molecule has 1 aromatic rings. The molecule has 0 bridgehead atoms. The first-order chi connectivity index (χ1) is 9.56. The molecule has 1 nitrogen and oxygen atoms in total. The third-order valence-corrected chi connectivity index (χ3v) is 2.69. The molecule has 0 aliphatic heterocycles. The topological polar surface area (TPSA) is 12.0 Å². The molecule has 1 rings (SSSR count). The van der Waals surface area contributed by atoms with E-state index in [1.54, 1.807) is 13.0 Å². The Morgan fingerprint density at radius 2 is 1.70 bits per heavy atom. The van der Waals surface area contributed by atoms with Crippen LogP contribution in [0.4, 0.5) is 13.2 Å². The van der Waals surface area contributed by atoms with Crippen LogP contribution < -0.4 is 5.32 Å². The standard InChI is InChI=1S/C12H17ClFN.C2H6.CH2F2/c1-9-7-10(5-3-4-6-15-2)8-11(13)12(9)14;1-2;2-1-3/h7-8,15H,3-6H2,1-2H3;1-2H3;1H2. The number of hydrogen-bond acceptors (Lipinski definition) is 1. The van der Waals surface area contributed by atoms with Crippen molar-refractivity contribution >= 4 is 11.6 Å². The molecule has 1 N–H and O–H groups in total. The van der Waals surface area contributed by atoms with Crippen LogP contribution in [0.2, 0.25) is 5.02 Å². The Bertz CT molecular complexity index is 323. The summed E-state index contributed by atoms with van der Waals surface area (Å²) in [5, 5.41) is 3.33. The lowest BCUT2D eigenvalue weighted by Gasteiger charge is -2.05. The molecule has 0 heterocycles. The van der Waals surface area contributed by atoms with Crippen LogP contribution >= 0.6 is 11.6 Å². The van der Waals surface area contributed by atoms with Crippen LogP contribution in [0.3, 0.4) is 0 Å². The number of benzene rings is 1. The summed E-state index contributed by atoms with van der Waals surface area (Å²) in [6.45, 7) is 5.02. The van der Waals surface area contributed by atoms with E-state index in [-0.39, 0.29) is 10.8 Å². The summed E-state index contributed by atoms with van der Waals surface area (Å²) >= 11 is 5.77. The number of halogens is 4. The number of unbranched alkanes of at least 4 members (excludes halogenated alkanes) is 1. The lowest BCUT2D eigenvalue weighted by Crippen LogP contribution is -2.07. The summed E-state index contributed by atoms with van der Waals surface area (Å²) in [6.07, 6.45) is 3.19. The molecule has 0 fully saturated rings. The van der Waals surface area contributed by atoms with E-state index in [4.69, 9.17) is 11.6 Å². The van der Waals surface area contributed by atoms with Crippen molar-refractivity contribution in [2.24, 2.45) is 0 Å². The third-order valence-electron chi connectivity index (χ3n) is 2.41. The van der Waals surface area contributed by atoms with Gasteiger partial charge in [-0.15, -0.1) is 0 Å².